The molecule has 0 aromatic rings. The van der Waals surface area contributed by atoms with E-state index in [2.05, 4.69) is 9.71 Å². The molecule has 3 N–H and O–H groups in total. The summed E-state index contributed by atoms with van der Waals surface area (Å²) in [5.41, 5.74) is 3.69. The van der Waals surface area contributed by atoms with Crippen molar-refractivity contribution in [3.05, 3.63) is 0 Å². The number of hydrogen-bond acceptors (Lipinski definition) is 8. The Morgan fingerprint density at radius 2 is 1.79 bits per heavy atom. The van der Waals surface area contributed by atoms with E-state index in [1.807, 2.05) is 26.2 Å². The maximum Gasteiger partial charge on any atom is 0.418 e. The zero-order valence-corrected chi connectivity index (χ0v) is 19.7. The molecule has 33 heavy (non-hydrogen) atoms. The molecule has 2 atom stereocenters. The van der Waals surface area contributed by atoms with Gasteiger partial charge in [0.1, 0.15) is 11.6 Å². The molecule has 3 rings (SSSR count). The largest absolute Gasteiger partial charge is 0.444 e. The predicted octanol–water partition coefficient (Wildman–Crippen LogP) is 0.174. The van der Waals surface area contributed by atoms with Gasteiger partial charge in [0, 0.05) is 19.6 Å². The van der Waals surface area contributed by atoms with Gasteiger partial charge in [-0.3, -0.25) is 25.0 Å². The van der Waals surface area contributed by atoms with Gasteiger partial charge in [-0.2, -0.15) is 13.5 Å². The molecule has 14 nitrogen and oxygen atoms in total. The number of nitrogens with zero attached hydrogens (tertiary/aromatic N) is 3. The summed E-state index contributed by atoms with van der Waals surface area (Å²) in [4.78, 5) is 48.2. The van der Waals surface area contributed by atoms with E-state index in [0.717, 1.165) is 30.8 Å². The first-order valence-corrected chi connectivity index (χ1v) is 11.9. The van der Waals surface area contributed by atoms with Crippen molar-refractivity contribution in [3.8, 4) is 0 Å². The van der Waals surface area contributed by atoms with E-state index in [4.69, 9.17) is 9.29 Å². The highest BCUT2D eigenvalue weighted by atomic mass is 32.3. The van der Waals surface area contributed by atoms with E-state index in [9.17, 15) is 27.6 Å². The van der Waals surface area contributed by atoms with Gasteiger partial charge < -0.3 is 14.5 Å². The standard InChI is InChI=1S/C10H19NO2.C8H12N4O7S/c1-10(2,3)13-9(12)11-7-5-4-6-8-11;13-4-9-10-7(14)6-2-1-5-3-11(6)8(15)12(5)19-20(16,17)18/h4-8H2,1-3H3;4-6H,1-3H2,(H,9,13)(H,10,14)(H,16,17,18)/t;5?,6-/m.0/s1. The average Bonchev–Trinajstić information content (AvgIpc) is 2.95. The van der Waals surface area contributed by atoms with E-state index in [-0.39, 0.29) is 31.1 Å². The Morgan fingerprint density at radius 3 is 2.33 bits per heavy atom. The summed E-state index contributed by atoms with van der Waals surface area (Å²) in [7, 11) is -4.81. The quantitative estimate of drug-likeness (QED) is 0.274. The van der Waals surface area contributed by atoms with Crippen molar-refractivity contribution >= 4 is 34.8 Å². The average molecular weight is 494 g/mol. The predicted molar refractivity (Wildman–Crippen MR) is 112 cm³/mol. The second-order valence-electron chi connectivity index (χ2n) is 8.79. The van der Waals surface area contributed by atoms with Gasteiger partial charge in [-0.1, -0.05) is 0 Å². The first-order valence-electron chi connectivity index (χ1n) is 10.6. The molecule has 3 aliphatic heterocycles. The number of ether oxygens (including phenoxy) is 1. The highest BCUT2D eigenvalue weighted by Crippen LogP contribution is 2.30. The number of nitrogens with one attached hydrogen (secondary N) is 2. The van der Waals surface area contributed by atoms with Crippen molar-refractivity contribution in [1.82, 2.24) is 25.7 Å². The number of piperidine rings is 2. The number of carbonyl (C=O) groups is 4. The van der Waals surface area contributed by atoms with Crippen LogP contribution in [-0.2, 0) is 29.0 Å². The molecule has 3 aliphatic rings. The highest BCUT2D eigenvalue weighted by Gasteiger charge is 2.49. The maximum absolute atomic E-state index is 11.9. The molecule has 1 unspecified atom stereocenters. The lowest BCUT2D eigenvalue weighted by atomic mass is 10.0. The minimum atomic E-state index is -4.81. The molecule has 3 heterocycles. The van der Waals surface area contributed by atoms with Crippen LogP contribution in [0.3, 0.4) is 0 Å². The number of likely N-dealkylation sites (tertiary alicyclic amines) is 1. The molecule has 0 radical (unpaired) electrons. The first kappa shape index (κ1) is 26.6. The summed E-state index contributed by atoms with van der Waals surface area (Å²) in [6.45, 7) is 7.50. The Bertz CT molecular complexity index is 839. The van der Waals surface area contributed by atoms with E-state index >= 15 is 0 Å². The molecule has 0 spiro atoms. The number of rotatable bonds is 5. The third-order valence-corrected chi connectivity index (χ3v) is 5.41. The van der Waals surface area contributed by atoms with Crippen molar-refractivity contribution in [1.29, 1.82) is 0 Å². The third-order valence-electron chi connectivity index (χ3n) is 5.06. The molecule has 3 fully saturated rings. The van der Waals surface area contributed by atoms with Crippen LogP contribution in [0.15, 0.2) is 0 Å². The molecule has 5 amide bonds. The van der Waals surface area contributed by atoms with Crippen molar-refractivity contribution in [2.75, 3.05) is 19.6 Å². The van der Waals surface area contributed by atoms with Crippen LogP contribution in [0.5, 0.6) is 0 Å². The second-order valence-corrected chi connectivity index (χ2v) is 9.79. The van der Waals surface area contributed by atoms with Crippen LogP contribution >= 0.6 is 0 Å². The lowest BCUT2D eigenvalue weighted by molar-refractivity contribution is -0.129. The van der Waals surface area contributed by atoms with Crippen molar-refractivity contribution in [2.24, 2.45) is 0 Å². The van der Waals surface area contributed by atoms with Gasteiger partial charge in [-0.05, 0) is 52.9 Å². The molecule has 0 saturated carbocycles. The van der Waals surface area contributed by atoms with Crippen LogP contribution in [0, 0.1) is 0 Å². The van der Waals surface area contributed by atoms with Crippen LogP contribution in [0.4, 0.5) is 9.59 Å². The van der Waals surface area contributed by atoms with Gasteiger partial charge in [0.25, 0.3) is 5.91 Å². The minimum Gasteiger partial charge on any atom is -0.444 e. The number of fused-ring (bicyclic) bond motifs is 2. The van der Waals surface area contributed by atoms with Crippen LogP contribution < -0.4 is 10.9 Å². The summed E-state index contributed by atoms with van der Waals surface area (Å²) in [6, 6.07) is -2.25. The molecular weight excluding hydrogens is 462 g/mol. The molecule has 0 aliphatic carbocycles. The van der Waals surface area contributed by atoms with Crippen molar-refractivity contribution in [3.63, 3.8) is 0 Å². The molecule has 188 valence electrons. The smallest absolute Gasteiger partial charge is 0.418 e. The monoisotopic (exact) mass is 493 g/mol. The van der Waals surface area contributed by atoms with Crippen LogP contribution in [0.2, 0.25) is 0 Å². The highest BCUT2D eigenvalue weighted by molar-refractivity contribution is 7.80. The van der Waals surface area contributed by atoms with Crippen molar-refractivity contribution < 1.29 is 41.2 Å². The topological polar surface area (TPSA) is 175 Å². The zero-order valence-electron chi connectivity index (χ0n) is 18.9. The van der Waals surface area contributed by atoms with Crippen LogP contribution in [0.25, 0.3) is 0 Å². The third kappa shape index (κ3) is 8.01. The van der Waals surface area contributed by atoms with Crippen LogP contribution in [-0.4, -0.2) is 89.6 Å². The van der Waals surface area contributed by atoms with Gasteiger partial charge in [0.15, 0.2) is 0 Å². The van der Waals surface area contributed by atoms with E-state index < -0.39 is 34.4 Å². The SMILES string of the molecule is CC(C)(C)OC(=O)N1CCCCC1.O=CNNC(=O)[C@@H]1CCC2CN1C(=O)N2OS(=O)(=O)O. The summed E-state index contributed by atoms with van der Waals surface area (Å²) in [6.07, 6.45) is 4.15. The van der Waals surface area contributed by atoms with Crippen molar-refractivity contribution in [2.45, 2.75) is 70.6 Å². The van der Waals surface area contributed by atoms with Gasteiger partial charge >= 0.3 is 22.5 Å². The van der Waals surface area contributed by atoms with Gasteiger partial charge in [-0.25, -0.2) is 9.59 Å². The summed E-state index contributed by atoms with van der Waals surface area (Å²) in [5.74, 6) is -0.599. The second kappa shape index (κ2) is 11.0. The fraction of sp³-hybridized carbons (Fsp3) is 0.778. The minimum absolute atomic E-state index is 0.0908. The number of amides is 5. The maximum atomic E-state index is 11.9. The normalized spacial score (nSPS) is 22.8. The van der Waals surface area contributed by atoms with Gasteiger partial charge in [-0.15, -0.1) is 4.28 Å². The van der Waals surface area contributed by atoms with E-state index in [1.165, 1.54) is 6.42 Å². The van der Waals surface area contributed by atoms with E-state index in [0.29, 0.717) is 11.5 Å². The lowest BCUT2D eigenvalue weighted by Crippen LogP contribution is -2.52. The van der Waals surface area contributed by atoms with Gasteiger partial charge in [0.2, 0.25) is 6.41 Å². The van der Waals surface area contributed by atoms with E-state index in [1.54, 1.807) is 4.90 Å². The number of carbonyl (C=O) groups excluding carboxylic acids is 4. The molecule has 0 aromatic carbocycles. The fourth-order valence-electron chi connectivity index (χ4n) is 3.69. The summed E-state index contributed by atoms with van der Waals surface area (Å²) in [5, 5.41) is 0.537. The molecule has 2 bridgehead atoms. The molecular formula is C18H31N5O9S. The Morgan fingerprint density at radius 1 is 1.15 bits per heavy atom. The number of hydrogen-bond donors (Lipinski definition) is 3. The fourth-order valence-corrected chi connectivity index (χ4v) is 4.08. The lowest BCUT2D eigenvalue weighted by Gasteiger charge is -2.29. The summed E-state index contributed by atoms with van der Waals surface area (Å²) >= 11 is 0. The number of hydroxylamine groups is 2. The Hall–Kier alpha value is -2.65. The Kier molecular flexibility index (Phi) is 8.85. The zero-order chi connectivity index (χ0) is 24.8. The first-order chi connectivity index (χ1) is 15.3. The Balaban J connectivity index is 0.000000257. The van der Waals surface area contributed by atoms with Crippen LogP contribution in [0.1, 0.15) is 52.9 Å². The molecule has 15 heteroatoms. The Labute approximate surface area is 192 Å². The molecule has 0 aromatic heterocycles. The molecule has 3 saturated heterocycles. The summed E-state index contributed by atoms with van der Waals surface area (Å²) < 4.78 is 39.4. The number of urea groups is 1. The number of hydrazine groups is 1. The van der Waals surface area contributed by atoms with Gasteiger partial charge in [0.05, 0.1) is 6.04 Å².